The van der Waals surface area contributed by atoms with Crippen molar-refractivity contribution in [3.05, 3.63) is 136 Å². The van der Waals surface area contributed by atoms with E-state index in [9.17, 15) is 14.4 Å². The van der Waals surface area contributed by atoms with Gasteiger partial charge in [-0.1, -0.05) is 96.5 Å². The molecule has 0 bridgehead atoms. The summed E-state index contributed by atoms with van der Waals surface area (Å²) in [7, 11) is 0. The summed E-state index contributed by atoms with van der Waals surface area (Å²) in [5.41, 5.74) is 2.25. The molecule has 1 amide bonds. The zero-order valence-electron chi connectivity index (χ0n) is 21.6. The van der Waals surface area contributed by atoms with Gasteiger partial charge in [0.05, 0.1) is 11.6 Å². The van der Waals surface area contributed by atoms with Gasteiger partial charge in [-0.3, -0.25) is 9.59 Å². The van der Waals surface area contributed by atoms with E-state index in [4.69, 9.17) is 21.1 Å². The van der Waals surface area contributed by atoms with Crippen LogP contribution in [-0.2, 0) is 20.9 Å². The highest BCUT2D eigenvalue weighted by Gasteiger charge is 2.38. The van der Waals surface area contributed by atoms with Gasteiger partial charge in [-0.05, 0) is 47.9 Å². The quantitative estimate of drug-likeness (QED) is 0.169. The first-order valence-electron chi connectivity index (χ1n) is 12.5. The van der Waals surface area contributed by atoms with Crippen LogP contribution in [0.3, 0.4) is 0 Å². The van der Waals surface area contributed by atoms with E-state index in [2.05, 4.69) is 0 Å². The smallest absolute Gasteiger partial charge is 0.333 e. The molecular formula is C32H28ClNO5. The first-order valence-corrected chi connectivity index (χ1v) is 12.8. The van der Waals surface area contributed by atoms with Crippen LogP contribution in [0.5, 0.6) is 5.75 Å². The number of carbonyl (C=O) groups is 3. The van der Waals surface area contributed by atoms with Crippen molar-refractivity contribution in [2.75, 3.05) is 0 Å². The zero-order chi connectivity index (χ0) is 27.8. The van der Waals surface area contributed by atoms with E-state index >= 15 is 0 Å². The van der Waals surface area contributed by atoms with Gasteiger partial charge in [-0.2, -0.15) is 0 Å². The van der Waals surface area contributed by atoms with Crippen molar-refractivity contribution in [3.8, 4) is 5.75 Å². The van der Waals surface area contributed by atoms with Gasteiger partial charge in [0.15, 0.2) is 6.04 Å². The van der Waals surface area contributed by atoms with E-state index in [1.54, 1.807) is 66.7 Å². The number of ether oxygens (including phenoxy) is 2. The number of para-hydroxylation sites is 1. The van der Waals surface area contributed by atoms with Gasteiger partial charge in [0.1, 0.15) is 12.4 Å². The van der Waals surface area contributed by atoms with Gasteiger partial charge in [-0.15, -0.1) is 0 Å². The lowest BCUT2D eigenvalue weighted by Crippen LogP contribution is -2.41. The minimum absolute atomic E-state index is 0.0423. The fourth-order valence-corrected chi connectivity index (χ4v) is 4.52. The van der Waals surface area contributed by atoms with Crippen molar-refractivity contribution >= 4 is 29.4 Å². The van der Waals surface area contributed by atoms with E-state index in [1.165, 1.54) is 11.8 Å². The highest BCUT2D eigenvalue weighted by molar-refractivity contribution is 6.30. The molecule has 0 saturated carbocycles. The van der Waals surface area contributed by atoms with Crippen LogP contribution in [0.15, 0.2) is 109 Å². The van der Waals surface area contributed by atoms with Gasteiger partial charge >= 0.3 is 11.9 Å². The number of halogens is 1. The van der Waals surface area contributed by atoms with Crippen LogP contribution in [0.2, 0.25) is 5.02 Å². The molecule has 0 heterocycles. The lowest BCUT2D eigenvalue weighted by atomic mass is 9.98. The Morgan fingerprint density at radius 1 is 0.795 bits per heavy atom. The predicted octanol–water partition coefficient (Wildman–Crippen LogP) is 6.95. The number of hydrogen-bond acceptors (Lipinski definition) is 5. The van der Waals surface area contributed by atoms with E-state index < -0.39 is 29.9 Å². The molecule has 0 radical (unpaired) electrons. The van der Waals surface area contributed by atoms with E-state index in [0.29, 0.717) is 10.6 Å². The lowest BCUT2D eigenvalue weighted by molar-refractivity contribution is -0.151. The molecule has 0 aromatic heterocycles. The number of nitrogens with zero attached hydrogens (tertiary/aromatic N) is 1. The Morgan fingerprint density at radius 2 is 1.41 bits per heavy atom. The maximum Gasteiger partial charge on any atom is 0.333 e. The Bertz CT molecular complexity index is 1440. The molecule has 0 aliphatic heterocycles. The molecule has 0 spiro atoms. The first-order chi connectivity index (χ1) is 18.8. The molecule has 7 heteroatoms. The van der Waals surface area contributed by atoms with Crippen molar-refractivity contribution in [1.82, 2.24) is 4.90 Å². The van der Waals surface area contributed by atoms with Gasteiger partial charge in [0.2, 0.25) is 0 Å². The molecule has 2 atom stereocenters. The summed E-state index contributed by atoms with van der Waals surface area (Å²) in [6, 6.07) is 30.1. The van der Waals surface area contributed by atoms with Crippen molar-refractivity contribution in [3.63, 3.8) is 0 Å². The SMILES string of the molecule is CC(=O)Oc1ccccc1C(=O)N([C@H](C)c1cccc(Cl)c1)[C@@H](C(=O)OCc1ccccc1)c1ccccc1. The number of esters is 2. The largest absolute Gasteiger partial charge is 0.459 e. The normalized spacial score (nSPS) is 12.2. The molecule has 0 N–H and O–H groups in total. The maximum atomic E-state index is 14.3. The van der Waals surface area contributed by atoms with Gasteiger partial charge in [0, 0.05) is 11.9 Å². The number of amides is 1. The Morgan fingerprint density at radius 3 is 2.08 bits per heavy atom. The second-order valence-corrected chi connectivity index (χ2v) is 9.38. The summed E-state index contributed by atoms with van der Waals surface area (Å²) in [5.74, 6) is -1.57. The summed E-state index contributed by atoms with van der Waals surface area (Å²) < 4.78 is 11.1. The van der Waals surface area contributed by atoms with E-state index in [1.807, 2.05) is 49.4 Å². The Kier molecular flexibility index (Phi) is 9.13. The van der Waals surface area contributed by atoms with Crippen molar-refractivity contribution in [1.29, 1.82) is 0 Å². The zero-order valence-corrected chi connectivity index (χ0v) is 22.4. The standard InChI is InChI=1S/C32H28ClNO5/c1-22(26-16-11-17-27(33)20-26)34(31(36)28-18-9-10-19-29(28)39-23(2)35)30(25-14-7-4-8-15-25)32(37)38-21-24-12-5-3-6-13-24/h3-20,22,30H,21H2,1-2H3/t22-,30-/m1/s1. The van der Waals surface area contributed by atoms with Crippen LogP contribution in [-0.4, -0.2) is 22.7 Å². The molecule has 39 heavy (non-hydrogen) atoms. The maximum absolute atomic E-state index is 14.3. The molecule has 4 aromatic rings. The highest BCUT2D eigenvalue weighted by Crippen LogP contribution is 2.36. The third-order valence-corrected chi connectivity index (χ3v) is 6.43. The lowest BCUT2D eigenvalue weighted by Gasteiger charge is -2.36. The molecule has 4 rings (SSSR count). The minimum atomic E-state index is -1.11. The predicted molar refractivity (Wildman–Crippen MR) is 149 cm³/mol. The van der Waals surface area contributed by atoms with Crippen LogP contribution in [0.25, 0.3) is 0 Å². The Labute approximate surface area is 232 Å². The fourth-order valence-electron chi connectivity index (χ4n) is 4.32. The van der Waals surface area contributed by atoms with Gasteiger partial charge in [0.25, 0.3) is 5.91 Å². The average molecular weight is 542 g/mol. The van der Waals surface area contributed by atoms with Crippen LogP contribution < -0.4 is 4.74 Å². The molecule has 0 unspecified atom stereocenters. The molecule has 6 nitrogen and oxygen atoms in total. The Hall–Kier alpha value is -4.42. The van der Waals surface area contributed by atoms with Crippen LogP contribution in [0, 0.1) is 0 Å². The van der Waals surface area contributed by atoms with Crippen molar-refractivity contribution in [2.45, 2.75) is 32.5 Å². The number of carbonyl (C=O) groups excluding carboxylic acids is 3. The second kappa shape index (κ2) is 12.9. The monoisotopic (exact) mass is 541 g/mol. The third kappa shape index (κ3) is 6.92. The topological polar surface area (TPSA) is 72.9 Å². The molecule has 198 valence electrons. The van der Waals surface area contributed by atoms with Crippen molar-refractivity contribution < 1.29 is 23.9 Å². The molecular weight excluding hydrogens is 514 g/mol. The molecule has 0 fully saturated rings. The first kappa shape index (κ1) is 27.6. The summed E-state index contributed by atoms with van der Waals surface area (Å²) >= 11 is 6.30. The minimum Gasteiger partial charge on any atom is -0.459 e. The molecule has 0 aliphatic rings. The van der Waals surface area contributed by atoms with Gasteiger partial charge in [-0.25, -0.2) is 4.79 Å². The van der Waals surface area contributed by atoms with Crippen LogP contribution in [0.1, 0.15) is 53.0 Å². The number of hydrogen-bond donors (Lipinski definition) is 0. The number of rotatable bonds is 9. The fraction of sp³-hybridized carbons (Fsp3) is 0.156. The number of benzene rings is 4. The summed E-state index contributed by atoms with van der Waals surface area (Å²) in [4.78, 5) is 41.4. The summed E-state index contributed by atoms with van der Waals surface area (Å²) in [6.07, 6.45) is 0. The molecule has 0 aliphatic carbocycles. The van der Waals surface area contributed by atoms with Crippen molar-refractivity contribution in [2.24, 2.45) is 0 Å². The Balaban J connectivity index is 1.82. The highest BCUT2D eigenvalue weighted by atomic mass is 35.5. The van der Waals surface area contributed by atoms with E-state index in [0.717, 1.165) is 11.1 Å². The van der Waals surface area contributed by atoms with Crippen LogP contribution in [0.4, 0.5) is 0 Å². The van der Waals surface area contributed by atoms with Gasteiger partial charge < -0.3 is 14.4 Å². The van der Waals surface area contributed by atoms with Crippen LogP contribution >= 0.6 is 11.6 Å². The molecule has 4 aromatic carbocycles. The molecule has 0 saturated heterocycles. The third-order valence-electron chi connectivity index (χ3n) is 6.19. The summed E-state index contributed by atoms with van der Waals surface area (Å²) in [6.45, 7) is 3.13. The summed E-state index contributed by atoms with van der Waals surface area (Å²) in [5, 5.41) is 0.495. The second-order valence-electron chi connectivity index (χ2n) is 8.94. The van der Waals surface area contributed by atoms with E-state index in [-0.39, 0.29) is 17.9 Å². The average Bonchev–Trinajstić information content (AvgIpc) is 2.95.